The summed E-state index contributed by atoms with van der Waals surface area (Å²) in [5.74, 6) is 0.262. The Labute approximate surface area is 160 Å². The van der Waals surface area contributed by atoms with Gasteiger partial charge in [0.15, 0.2) is 0 Å². The highest BCUT2D eigenvalue weighted by Gasteiger charge is 2.22. The Morgan fingerprint density at radius 1 is 1.04 bits per heavy atom. The van der Waals surface area contributed by atoms with E-state index < -0.39 is 6.04 Å². The Bertz CT molecular complexity index is 728. The van der Waals surface area contributed by atoms with Gasteiger partial charge in [0.05, 0.1) is 0 Å². The van der Waals surface area contributed by atoms with Crippen LogP contribution in [0.15, 0.2) is 60.7 Å². The van der Waals surface area contributed by atoms with Crippen LogP contribution in [-0.2, 0) is 11.2 Å². The van der Waals surface area contributed by atoms with Gasteiger partial charge < -0.3 is 16.0 Å². The largest absolute Gasteiger partial charge is 0.354 e. The van der Waals surface area contributed by atoms with Crippen molar-refractivity contribution >= 4 is 11.8 Å². The highest BCUT2D eigenvalue weighted by Crippen LogP contribution is 2.11. The molecule has 1 saturated heterocycles. The molecule has 3 N–H and O–H groups in total. The van der Waals surface area contributed by atoms with Crippen molar-refractivity contribution in [2.45, 2.75) is 25.3 Å². The van der Waals surface area contributed by atoms with Gasteiger partial charge in [-0.25, -0.2) is 0 Å². The zero-order chi connectivity index (χ0) is 18.9. The summed E-state index contributed by atoms with van der Waals surface area (Å²) in [6.45, 7) is 2.72. The van der Waals surface area contributed by atoms with E-state index in [0.29, 0.717) is 24.4 Å². The van der Waals surface area contributed by atoms with Gasteiger partial charge in [-0.2, -0.15) is 0 Å². The van der Waals surface area contributed by atoms with Crippen molar-refractivity contribution in [2.75, 3.05) is 19.6 Å². The molecule has 2 unspecified atom stereocenters. The van der Waals surface area contributed by atoms with E-state index in [1.54, 1.807) is 12.1 Å². The Morgan fingerprint density at radius 2 is 1.74 bits per heavy atom. The van der Waals surface area contributed by atoms with Crippen LogP contribution in [-0.4, -0.2) is 37.5 Å². The number of nitrogens with one attached hydrogen (secondary N) is 3. The summed E-state index contributed by atoms with van der Waals surface area (Å²) in [4.78, 5) is 25.3. The fraction of sp³-hybridized carbons (Fsp3) is 0.364. The summed E-state index contributed by atoms with van der Waals surface area (Å²) in [7, 11) is 0. The van der Waals surface area contributed by atoms with Gasteiger partial charge in [-0.15, -0.1) is 0 Å². The van der Waals surface area contributed by atoms with Crippen LogP contribution in [0.4, 0.5) is 0 Å². The summed E-state index contributed by atoms with van der Waals surface area (Å²) in [6, 6.07) is 18.2. The third kappa shape index (κ3) is 5.93. The molecule has 2 aromatic carbocycles. The molecule has 1 aliphatic heterocycles. The lowest BCUT2D eigenvalue weighted by Crippen LogP contribution is -2.48. The SMILES string of the molecule is O=C(NC(Cc1ccccc1)C(=O)NCCC1CCNC1)c1ccccc1. The molecule has 5 nitrogen and oxygen atoms in total. The van der Waals surface area contributed by atoms with E-state index in [2.05, 4.69) is 16.0 Å². The molecule has 1 heterocycles. The van der Waals surface area contributed by atoms with Gasteiger partial charge in [0.1, 0.15) is 6.04 Å². The van der Waals surface area contributed by atoms with Gasteiger partial charge in [-0.05, 0) is 49.5 Å². The Morgan fingerprint density at radius 3 is 2.41 bits per heavy atom. The molecular formula is C22H27N3O2. The number of benzene rings is 2. The molecule has 1 aliphatic rings. The smallest absolute Gasteiger partial charge is 0.251 e. The van der Waals surface area contributed by atoms with Gasteiger partial charge in [-0.1, -0.05) is 48.5 Å². The third-order valence-corrected chi connectivity index (χ3v) is 4.95. The average molecular weight is 365 g/mol. The number of amides is 2. The normalized spacial score (nSPS) is 17.3. The number of hydrogen-bond donors (Lipinski definition) is 3. The molecule has 3 rings (SSSR count). The second-order valence-corrected chi connectivity index (χ2v) is 7.02. The Kier molecular flexibility index (Phi) is 6.99. The minimum atomic E-state index is -0.596. The molecule has 5 heteroatoms. The second kappa shape index (κ2) is 9.88. The maximum Gasteiger partial charge on any atom is 0.251 e. The summed E-state index contributed by atoms with van der Waals surface area (Å²) in [5, 5.41) is 9.24. The van der Waals surface area contributed by atoms with Crippen molar-refractivity contribution in [1.29, 1.82) is 0 Å². The van der Waals surface area contributed by atoms with E-state index in [1.165, 1.54) is 0 Å². The third-order valence-electron chi connectivity index (χ3n) is 4.95. The zero-order valence-corrected chi connectivity index (χ0v) is 15.5. The van der Waals surface area contributed by atoms with E-state index in [0.717, 1.165) is 31.5 Å². The van der Waals surface area contributed by atoms with Crippen LogP contribution in [0.3, 0.4) is 0 Å². The number of carbonyl (C=O) groups excluding carboxylic acids is 2. The van der Waals surface area contributed by atoms with Crippen molar-refractivity contribution in [3.05, 3.63) is 71.8 Å². The minimum absolute atomic E-state index is 0.130. The molecule has 0 saturated carbocycles. The summed E-state index contributed by atoms with van der Waals surface area (Å²) in [6.07, 6.45) is 2.59. The quantitative estimate of drug-likeness (QED) is 0.671. The molecule has 0 aliphatic carbocycles. The van der Waals surface area contributed by atoms with Crippen molar-refractivity contribution < 1.29 is 9.59 Å². The lowest BCUT2D eigenvalue weighted by atomic mass is 10.0. The molecule has 2 amide bonds. The van der Waals surface area contributed by atoms with E-state index in [9.17, 15) is 9.59 Å². The molecule has 2 atom stereocenters. The Hall–Kier alpha value is -2.66. The van der Waals surface area contributed by atoms with Crippen LogP contribution in [0, 0.1) is 5.92 Å². The summed E-state index contributed by atoms with van der Waals surface area (Å²) in [5.41, 5.74) is 1.58. The van der Waals surface area contributed by atoms with Gasteiger partial charge in [0.2, 0.25) is 5.91 Å². The summed E-state index contributed by atoms with van der Waals surface area (Å²) >= 11 is 0. The molecule has 0 aromatic heterocycles. The topological polar surface area (TPSA) is 70.2 Å². The van der Waals surface area contributed by atoms with Gasteiger partial charge in [-0.3, -0.25) is 9.59 Å². The fourth-order valence-corrected chi connectivity index (χ4v) is 3.37. The first-order chi connectivity index (χ1) is 13.2. The predicted molar refractivity (Wildman–Crippen MR) is 106 cm³/mol. The van der Waals surface area contributed by atoms with Gasteiger partial charge in [0, 0.05) is 18.5 Å². The van der Waals surface area contributed by atoms with Crippen LogP contribution in [0.1, 0.15) is 28.8 Å². The van der Waals surface area contributed by atoms with Gasteiger partial charge >= 0.3 is 0 Å². The van der Waals surface area contributed by atoms with Crippen LogP contribution in [0.5, 0.6) is 0 Å². The van der Waals surface area contributed by atoms with E-state index in [4.69, 9.17) is 0 Å². The predicted octanol–water partition coefficient (Wildman–Crippen LogP) is 2.14. The Balaban J connectivity index is 1.61. The zero-order valence-electron chi connectivity index (χ0n) is 15.5. The fourth-order valence-electron chi connectivity index (χ4n) is 3.37. The summed E-state index contributed by atoms with van der Waals surface area (Å²) < 4.78 is 0. The van der Waals surface area contributed by atoms with Crippen molar-refractivity contribution in [3.63, 3.8) is 0 Å². The first-order valence-corrected chi connectivity index (χ1v) is 9.60. The van der Waals surface area contributed by atoms with Gasteiger partial charge in [0.25, 0.3) is 5.91 Å². The maximum absolute atomic E-state index is 12.7. The maximum atomic E-state index is 12.7. The highest BCUT2D eigenvalue weighted by atomic mass is 16.2. The van der Waals surface area contributed by atoms with Crippen LogP contribution >= 0.6 is 0 Å². The number of rotatable bonds is 8. The molecule has 27 heavy (non-hydrogen) atoms. The molecule has 0 spiro atoms. The molecule has 142 valence electrons. The minimum Gasteiger partial charge on any atom is -0.354 e. The lowest BCUT2D eigenvalue weighted by molar-refractivity contribution is -0.123. The molecular weight excluding hydrogens is 338 g/mol. The molecule has 0 radical (unpaired) electrons. The van der Waals surface area contributed by atoms with Crippen molar-refractivity contribution in [2.24, 2.45) is 5.92 Å². The standard InChI is InChI=1S/C22H27N3O2/c26-21(19-9-5-2-6-10-19)25-20(15-17-7-3-1-4-8-17)22(27)24-14-12-18-11-13-23-16-18/h1-10,18,20,23H,11-16H2,(H,24,27)(H,25,26). The molecule has 1 fully saturated rings. The number of hydrogen-bond acceptors (Lipinski definition) is 3. The van der Waals surface area contributed by atoms with E-state index >= 15 is 0 Å². The molecule has 2 aromatic rings. The first-order valence-electron chi connectivity index (χ1n) is 9.60. The molecule has 0 bridgehead atoms. The van der Waals surface area contributed by atoms with Crippen LogP contribution in [0.25, 0.3) is 0 Å². The second-order valence-electron chi connectivity index (χ2n) is 7.02. The van der Waals surface area contributed by atoms with Crippen LogP contribution in [0.2, 0.25) is 0 Å². The average Bonchev–Trinajstić information content (AvgIpc) is 3.22. The van der Waals surface area contributed by atoms with Crippen molar-refractivity contribution in [1.82, 2.24) is 16.0 Å². The number of carbonyl (C=O) groups is 2. The van der Waals surface area contributed by atoms with Crippen molar-refractivity contribution in [3.8, 4) is 0 Å². The first kappa shape index (κ1) is 19.1. The monoisotopic (exact) mass is 365 g/mol. The lowest BCUT2D eigenvalue weighted by Gasteiger charge is -2.19. The van der Waals surface area contributed by atoms with E-state index in [-0.39, 0.29) is 11.8 Å². The highest BCUT2D eigenvalue weighted by molar-refractivity contribution is 5.97. The van der Waals surface area contributed by atoms with Crippen LogP contribution < -0.4 is 16.0 Å². The van der Waals surface area contributed by atoms with E-state index in [1.807, 2.05) is 48.5 Å².